The van der Waals surface area contributed by atoms with Crippen LogP contribution >= 0.6 is 0 Å². The van der Waals surface area contributed by atoms with E-state index < -0.39 is 0 Å². The molecule has 1 N–H and O–H groups in total. The lowest BCUT2D eigenvalue weighted by molar-refractivity contribution is 0.223. The molecule has 0 saturated carbocycles. The van der Waals surface area contributed by atoms with Gasteiger partial charge in [0.05, 0.1) is 0 Å². The van der Waals surface area contributed by atoms with Crippen molar-refractivity contribution in [3.05, 3.63) is 66.9 Å². The molecule has 1 aromatic rings. The lowest BCUT2D eigenvalue weighted by Crippen LogP contribution is -2.50. The Morgan fingerprint density at radius 3 is 2.50 bits per heavy atom. The van der Waals surface area contributed by atoms with Gasteiger partial charge in [-0.3, -0.25) is 5.32 Å². The van der Waals surface area contributed by atoms with Crippen LogP contribution in [0, 0.1) is 0 Å². The van der Waals surface area contributed by atoms with Crippen molar-refractivity contribution in [2.75, 3.05) is 14.1 Å². The Labute approximate surface area is 123 Å². The van der Waals surface area contributed by atoms with Crippen LogP contribution in [-0.2, 0) is 0 Å². The van der Waals surface area contributed by atoms with E-state index in [9.17, 15) is 0 Å². The van der Waals surface area contributed by atoms with Gasteiger partial charge in [0.1, 0.15) is 5.66 Å². The number of nitrogens with one attached hydrogen (secondary N) is 1. The molecular weight excluding hydrogens is 244 g/mol. The van der Waals surface area contributed by atoms with Crippen LogP contribution in [0.3, 0.4) is 0 Å². The molecule has 0 fully saturated rings. The summed E-state index contributed by atoms with van der Waals surface area (Å²) in [6.07, 6.45) is 9.04. The van der Waals surface area contributed by atoms with E-state index in [1.54, 1.807) is 6.08 Å². The molecule has 0 heterocycles. The van der Waals surface area contributed by atoms with Gasteiger partial charge in [-0.1, -0.05) is 49.9 Å². The second kappa shape index (κ2) is 7.71. The first-order chi connectivity index (χ1) is 9.57. The zero-order valence-electron chi connectivity index (χ0n) is 13.1. The molecule has 0 aliphatic carbocycles. The third-order valence-corrected chi connectivity index (χ3v) is 3.67. The molecule has 0 aliphatic heterocycles. The van der Waals surface area contributed by atoms with Crippen molar-refractivity contribution in [3.8, 4) is 0 Å². The minimum absolute atomic E-state index is 0.235. The second-order valence-corrected chi connectivity index (χ2v) is 4.97. The van der Waals surface area contributed by atoms with E-state index in [4.69, 9.17) is 0 Å². The van der Waals surface area contributed by atoms with E-state index in [2.05, 4.69) is 68.0 Å². The first-order valence-electron chi connectivity index (χ1n) is 7.05. The Hall–Kier alpha value is -1.80. The molecule has 1 atom stereocenters. The molecule has 0 spiro atoms. The van der Waals surface area contributed by atoms with Gasteiger partial charge in [0.15, 0.2) is 0 Å². The number of hydrogen-bond donors (Lipinski definition) is 1. The van der Waals surface area contributed by atoms with E-state index in [1.807, 2.05) is 25.4 Å². The Morgan fingerprint density at radius 2 is 2.00 bits per heavy atom. The first-order valence-corrected chi connectivity index (χ1v) is 7.05. The predicted octanol–water partition coefficient (Wildman–Crippen LogP) is 4.05. The molecule has 1 rings (SSSR count). The van der Waals surface area contributed by atoms with E-state index in [-0.39, 0.29) is 5.66 Å². The van der Waals surface area contributed by atoms with Crippen molar-refractivity contribution in [2.45, 2.75) is 25.9 Å². The van der Waals surface area contributed by atoms with Gasteiger partial charge in [-0.15, -0.1) is 0 Å². The monoisotopic (exact) mass is 270 g/mol. The Morgan fingerprint density at radius 1 is 1.35 bits per heavy atom. The van der Waals surface area contributed by atoms with Crippen LogP contribution in [0.15, 0.2) is 61.3 Å². The molecule has 0 bridgehead atoms. The molecule has 108 valence electrons. The van der Waals surface area contributed by atoms with Crippen molar-refractivity contribution in [2.24, 2.45) is 0 Å². The van der Waals surface area contributed by atoms with Gasteiger partial charge in [0.25, 0.3) is 0 Å². The SMILES string of the molecule is C=C/C=C\N(C)C(C)(/C=C(\CC)c1ccccc1)NC. The Balaban J connectivity index is 3.12. The topological polar surface area (TPSA) is 15.3 Å². The molecule has 0 aromatic heterocycles. The van der Waals surface area contributed by atoms with Crippen molar-refractivity contribution in [1.82, 2.24) is 10.2 Å². The van der Waals surface area contributed by atoms with Crippen LogP contribution in [0.1, 0.15) is 25.8 Å². The summed E-state index contributed by atoms with van der Waals surface area (Å²) in [4.78, 5) is 2.15. The standard InChI is InChI=1S/C18H26N2/c1-6-8-14-20(5)18(3,19-4)15-16(7-2)17-12-10-9-11-13-17/h6,8-15,19H,1,7H2,2-5H3/b14-8-,16-15+. The second-order valence-electron chi connectivity index (χ2n) is 4.97. The van der Waals surface area contributed by atoms with Crippen molar-refractivity contribution in [3.63, 3.8) is 0 Å². The minimum atomic E-state index is -0.235. The summed E-state index contributed by atoms with van der Waals surface area (Å²) in [5.41, 5.74) is 2.37. The molecule has 0 amide bonds. The Kier molecular flexibility index (Phi) is 6.26. The van der Waals surface area contributed by atoms with E-state index >= 15 is 0 Å². The number of allylic oxidation sites excluding steroid dienone is 3. The zero-order chi connectivity index (χ0) is 15.0. The fourth-order valence-electron chi connectivity index (χ4n) is 2.08. The molecule has 1 unspecified atom stereocenters. The Bertz CT molecular complexity index is 473. The summed E-state index contributed by atoms with van der Waals surface area (Å²) in [7, 11) is 4.04. The lowest BCUT2D eigenvalue weighted by Gasteiger charge is -2.36. The van der Waals surface area contributed by atoms with Crippen LogP contribution in [0.4, 0.5) is 0 Å². The maximum Gasteiger partial charge on any atom is 0.107 e. The van der Waals surface area contributed by atoms with Crippen molar-refractivity contribution < 1.29 is 0 Å². The molecule has 20 heavy (non-hydrogen) atoms. The molecule has 1 aromatic carbocycles. The summed E-state index contributed by atoms with van der Waals surface area (Å²) < 4.78 is 0. The molecule has 0 radical (unpaired) electrons. The fraction of sp³-hybridized carbons (Fsp3) is 0.333. The normalized spacial score (nSPS) is 15.1. The van der Waals surface area contributed by atoms with Gasteiger partial charge in [0, 0.05) is 13.2 Å². The van der Waals surface area contributed by atoms with Gasteiger partial charge in [-0.25, -0.2) is 0 Å². The molecule has 2 nitrogen and oxygen atoms in total. The van der Waals surface area contributed by atoms with Gasteiger partial charge in [-0.2, -0.15) is 0 Å². The number of nitrogens with zero attached hydrogens (tertiary/aromatic N) is 1. The predicted molar refractivity (Wildman–Crippen MR) is 89.3 cm³/mol. The molecular formula is C18H26N2. The van der Waals surface area contributed by atoms with Crippen LogP contribution < -0.4 is 5.32 Å². The first kappa shape index (κ1) is 16.3. The van der Waals surface area contributed by atoms with Crippen molar-refractivity contribution >= 4 is 5.57 Å². The maximum atomic E-state index is 3.72. The number of rotatable bonds is 7. The summed E-state index contributed by atoms with van der Waals surface area (Å²) in [5.74, 6) is 0. The number of likely N-dealkylation sites (N-methyl/N-ethyl adjacent to an activating group) is 2. The van der Waals surface area contributed by atoms with Gasteiger partial charge in [0.2, 0.25) is 0 Å². The fourth-order valence-corrected chi connectivity index (χ4v) is 2.08. The van der Waals surface area contributed by atoms with Crippen LogP contribution in [0.5, 0.6) is 0 Å². The summed E-state index contributed by atoms with van der Waals surface area (Å²) in [6.45, 7) is 8.07. The van der Waals surface area contributed by atoms with Crippen LogP contribution in [0.2, 0.25) is 0 Å². The maximum absolute atomic E-state index is 3.72. The largest absolute Gasteiger partial charge is 0.359 e. The van der Waals surface area contributed by atoms with E-state index in [0.29, 0.717) is 0 Å². The summed E-state index contributed by atoms with van der Waals surface area (Å²) in [5, 5.41) is 3.39. The average molecular weight is 270 g/mol. The number of hydrogen-bond acceptors (Lipinski definition) is 2. The van der Waals surface area contributed by atoms with Crippen LogP contribution in [-0.4, -0.2) is 24.7 Å². The summed E-state index contributed by atoms with van der Waals surface area (Å²) >= 11 is 0. The zero-order valence-corrected chi connectivity index (χ0v) is 13.1. The van der Waals surface area contributed by atoms with Gasteiger partial charge >= 0.3 is 0 Å². The van der Waals surface area contributed by atoms with Crippen molar-refractivity contribution in [1.29, 1.82) is 0 Å². The summed E-state index contributed by atoms with van der Waals surface area (Å²) in [6, 6.07) is 10.5. The highest BCUT2D eigenvalue weighted by Gasteiger charge is 2.23. The average Bonchev–Trinajstić information content (AvgIpc) is 2.50. The van der Waals surface area contributed by atoms with Gasteiger partial charge in [-0.05, 0) is 43.7 Å². The third-order valence-electron chi connectivity index (χ3n) is 3.67. The lowest BCUT2D eigenvalue weighted by atomic mass is 9.98. The van der Waals surface area contributed by atoms with Gasteiger partial charge < -0.3 is 4.90 Å². The quantitative estimate of drug-likeness (QED) is 0.594. The van der Waals surface area contributed by atoms with E-state index in [1.165, 1.54) is 11.1 Å². The van der Waals surface area contributed by atoms with E-state index in [0.717, 1.165) is 6.42 Å². The molecule has 0 aliphatic rings. The number of benzene rings is 1. The highest BCUT2D eigenvalue weighted by molar-refractivity contribution is 5.66. The third kappa shape index (κ3) is 4.10. The highest BCUT2D eigenvalue weighted by Crippen LogP contribution is 2.23. The molecule has 2 heteroatoms. The molecule has 0 saturated heterocycles. The smallest absolute Gasteiger partial charge is 0.107 e. The minimum Gasteiger partial charge on any atom is -0.359 e. The highest BCUT2D eigenvalue weighted by atomic mass is 15.3. The van der Waals surface area contributed by atoms with Crippen LogP contribution in [0.25, 0.3) is 5.57 Å².